The van der Waals surface area contributed by atoms with E-state index < -0.39 is 0 Å². The molecule has 2 N–H and O–H groups in total. The molecule has 2 nitrogen and oxygen atoms in total. The Hall–Kier alpha value is -2.74. The van der Waals surface area contributed by atoms with Crippen LogP contribution in [0.5, 0.6) is 0 Å². The average Bonchev–Trinajstić information content (AvgIpc) is 2.89. The van der Waals surface area contributed by atoms with Gasteiger partial charge in [0.05, 0.1) is 0 Å². The van der Waals surface area contributed by atoms with Crippen molar-refractivity contribution in [3.63, 3.8) is 0 Å². The van der Waals surface area contributed by atoms with Crippen LogP contribution in [-0.4, -0.2) is 4.57 Å². The van der Waals surface area contributed by atoms with E-state index in [9.17, 15) is 0 Å². The topological polar surface area (TPSA) is 30.9 Å². The average molecular weight is 286 g/mol. The second-order valence-corrected chi connectivity index (χ2v) is 5.68. The summed E-state index contributed by atoms with van der Waals surface area (Å²) >= 11 is 0. The van der Waals surface area contributed by atoms with Crippen molar-refractivity contribution in [1.29, 1.82) is 0 Å². The van der Waals surface area contributed by atoms with Gasteiger partial charge in [0.2, 0.25) is 0 Å². The summed E-state index contributed by atoms with van der Waals surface area (Å²) in [5.74, 6) is 0. The number of fused-ring (bicyclic) bond motifs is 3. The summed E-state index contributed by atoms with van der Waals surface area (Å²) in [5.41, 5.74) is 10.5. The molecule has 4 rings (SSSR count). The fourth-order valence-corrected chi connectivity index (χ4v) is 3.17. The second-order valence-electron chi connectivity index (χ2n) is 5.68. The van der Waals surface area contributed by atoms with E-state index in [1.807, 2.05) is 12.1 Å². The molecule has 0 saturated carbocycles. The molecule has 3 aromatic carbocycles. The summed E-state index contributed by atoms with van der Waals surface area (Å²) in [7, 11) is 0. The summed E-state index contributed by atoms with van der Waals surface area (Å²) < 4.78 is 2.42. The molecule has 0 bridgehead atoms. The maximum Gasteiger partial charge on any atom is 0.0491 e. The first-order valence-corrected chi connectivity index (χ1v) is 7.63. The highest BCUT2D eigenvalue weighted by Gasteiger charge is 2.09. The number of anilines is 1. The lowest BCUT2D eigenvalue weighted by molar-refractivity contribution is 0.745. The molecule has 1 heterocycles. The highest BCUT2D eigenvalue weighted by molar-refractivity contribution is 6.07. The minimum atomic E-state index is 0.820. The molecule has 0 atom stereocenters. The first-order chi connectivity index (χ1) is 10.8. The zero-order chi connectivity index (χ0) is 14.9. The minimum Gasteiger partial charge on any atom is -0.399 e. The van der Waals surface area contributed by atoms with Gasteiger partial charge in [0.1, 0.15) is 0 Å². The van der Waals surface area contributed by atoms with E-state index in [2.05, 4.69) is 65.2 Å². The first-order valence-electron chi connectivity index (χ1n) is 7.63. The van der Waals surface area contributed by atoms with Crippen LogP contribution >= 0.6 is 0 Å². The molecule has 0 amide bonds. The molecule has 0 aliphatic heterocycles. The number of para-hydroxylation sites is 2. The molecule has 1 aromatic heterocycles. The molecule has 0 aliphatic rings. The zero-order valence-corrected chi connectivity index (χ0v) is 12.4. The molecule has 0 aliphatic carbocycles. The van der Waals surface area contributed by atoms with E-state index in [4.69, 9.17) is 5.73 Å². The summed E-state index contributed by atoms with van der Waals surface area (Å²) in [5, 5.41) is 2.66. The van der Waals surface area contributed by atoms with Gasteiger partial charge in [0, 0.05) is 34.0 Å². The molecule has 108 valence electrons. The lowest BCUT2D eigenvalue weighted by atomic mass is 10.1. The van der Waals surface area contributed by atoms with E-state index in [-0.39, 0.29) is 0 Å². The van der Waals surface area contributed by atoms with Crippen molar-refractivity contribution in [3.05, 3.63) is 78.4 Å². The number of nitrogen functional groups attached to an aromatic ring is 1. The van der Waals surface area contributed by atoms with Crippen molar-refractivity contribution >= 4 is 27.5 Å². The number of benzene rings is 3. The van der Waals surface area contributed by atoms with Crippen molar-refractivity contribution in [3.8, 4) is 0 Å². The number of aromatic nitrogens is 1. The van der Waals surface area contributed by atoms with Crippen molar-refractivity contribution in [2.24, 2.45) is 0 Å². The standard InChI is InChI=1S/C20H18N2/c21-16-11-9-15(10-12-16)13-14-22-19-7-3-1-5-17(19)18-6-2-4-8-20(18)22/h1-12H,13-14,21H2. The lowest BCUT2D eigenvalue weighted by Crippen LogP contribution is -2.01. The smallest absolute Gasteiger partial charge is 0.0491 e. The van der Waals surface area contributed by atoms with E-state index in [1.165, 1.54) is 27.4 Å². The zero-order valence-electron chi connectivity index (χ0n) is 12.4. The van der Waals surface area contributed by atoms with Crippen molar-refractivity contribution in [2.45, 2.75) is 13.0 Å². The van der Waals surface area contributed by atoms with Crippen LogP contribution in [0.15, 0.2) is 72.8 Å². The number of nitrogens with zero attached hydrogens (tertiary/aromatic N) is 1. The fraction of sp³-hybridized carbons (Fsp3) is 0.100. The number of rotatable bonds is 3. The molecule has 0 unspecified atom stereocenters. The van der Waals surface area contributed by atoms with Gasteiger partial charge in [-0.3, -0.25) is 0 Å². The Morgan fingerprint density at radius 1 is 0.682 bits per heavy atom. The van der Waals surface area contributed by atoms with Crippen LogP contribution in [0.2, 0.25) is 0 Å². The third-order valence-electron chi connectivity index (χ3n) is 4.28. The van der Waals surface area contributed by atoms with E-state index >= 15 is 0 Å². The summed E-state index contributed by atoms with van der Waals surface area (Å²) in [4.78, 5) is 0. The number of aryl methyl sites for hydroxylation is 2. The second kappa shape index (κ2) is 5.23. The largest absolute Gasteiger partial charge is 0.399 e. The van der Waals surface area contributed by atoms with Crippen LogP contribution in [0.1, 0.15) is 5.56 Å². The van der Waals surface area contributed by atoms with Gasteiger partial charge in [-0.15, -0.1) is 0 Å². The van der Waals surface area contributed by atoms with Crippen molar-refractivity contribution in [1.82, 2.24) is 4.57 Å². The third-order valence-corrected chi connectivity index (χ3v) is 4.28. The number of nitrogens with two attached hydrogens (primary N) is 1. The highest BCUT2D eigenvalue weighted by atomic mass is 15.0. The number of hydrogen-bond acceptors (Lipinski definition) is 1. The van der Waals surface area contributed by atoms with Gasteiger partial charge < -0.3 is 10.3 Å². The molecular weight excluding hydrogens is 268 g/mol. The third kappa shape index (κ3) is 2.13. The predicted molar refractivity (Wildman–Crippen MR) is 94.0 cm³/mol. The SMILES string of the molecule is Nc1ccc(CCn2c3ccccc3c3ccccc32)cc1. The Balaban J connectivity index is 1.77. The molecule has 0 spiro atoms. The monoisotopic (exact) mass is 286 g/mol. The van der Waals surface area contributed by atoms with Crippen molar-refractivity contribution < 1.29 is 0 Å². The van der Waals surface area contributed by atoms with Crippen molar-refractivity contribution in [2.75, 3.05) is 5.73 Å². The Morgan fingerprint density at radius 3 is 1.82 bits per heavy atom. The van der Waals surface area contributed by atoms with E-state index in [0.717, 1.165) is 18.7 Å². The Bertz CT molecular complexity index is 880. The normalized spacial score (nSPS) is 11.3. The summed E-state index contributed by atoms with van der Waals surface area (Å²) in [6.07, 6.45) is 1.00. The molecule has 4 aromatic rings. The van der Waals surface area contributed by atoms with Crippen LogP contribution in [0.4, 0.5) is 5.69 Å². The Morgan fingerprint density at radius 2 is 1.23 bits per heavy atom. The fourth-order valence-electron chi connectivity index (χ4n) is 3.17. The van der Waals surface area contributed by atoms with Gasteiger partial charge in [-0.25, -0.2) is 0 Å². The minimum absolute atomic E-state index is 0.820. The van der Waals surface area contributed by atoms with Gasteiger partial charge >= 0.3 is 0 Å². The van der Waals surface area contributed by atoms with Gasteiger partial charge in [-0.05, 0) is 36.2 Å². The summed E-state index contributed by atoms with van der Waals surface area (Å²) in [6, 6.07) is 25.4. The molecular formula is C20H18N2. The molecule has 0 radical (unpaired) electrons. The maximum atomic E-state index is 5.76. The van der Waals surface area contributed by atoms with Crippen LogP contribution in [0.3, 0.4) is 0 Å². The predicted octanol–water partition coefficient (Wildman–Crippen LogP) is 4.62. The van der Waals surface area contributed by atoms with Gasteiger partial charge in [0.15, 0.2) is 0 Å². The molecule has 2 heteroatoms. The Labute approximate surface area is 129 Å². The van der Waals surface area contributed by atoms with Crippen LogP contribution in [0.25, 0.3) is 21.8 Å². The molecule has 0 fully saturated rings. The highest BCUT2D eigenvalue weighted by Crippen LogP contribution is 2.28. The Kier molecular flexibility index (Phi) is 3.08. The van der Waals surface area contributed by atoms with Crippen LogP contribution in [-0.2, 0) is 13.0 Å². The lowest BCUT2D eigenvalue weighted by Gasteiger charge is -2.08. The van der Waals surface area contributed by atoms with E-state index in [0.29, 0.717) is 0 Å². The summed E-state index contributed by atoms with van der Waals surface area (Å²) in [6.45, 7) is 0.970. The van der Waals surface area contributed by atoms with Gasteiger partial charge in [-0.2, -0.15) is 0 Å². The quantitative estimate of drug-likeness (QED) is 0.547. The molecule has 0 saturated heterocycles. The number of hydrogen-bond donors (Lipinski definition) is 1. The van der Waals surface area contributed by atoms with Gasteiger partial charge in [-0.1, -0.05) is 48.5 Å². The van der Waals surface area contributed by atoms with Crippen LogP contribution < -0.4 is 5.73 Å². The van der Waals surface area contributed by atoms with E-state index in [1.54, 1.807) is 0 Å². The first kappa shape index (κ1) is 13.0. The maximum absolute atomic E-state index is 5.76. The molecule has 22 heavy (non-hydrogen) atoms. The van der Waals surface area contributed by atoms with Crippen LogP contribution in [0, 0.1) is 0 Å². The van der Waals surface area contributed by atoms with Gasteiger partial charge in [0.25, 0.3) is 0 Å².